The first kappa shape index (κ1) is 29.7. The third kappa shape index (κ3) is 8.58. The highest BCUT2D eigenvalue weighted by Gasteiger charge is 2.25. The highest BCUT2D eigenvalue weighted by Crippen LogP contribution is 2.18. The number of nitrogens with zero attached hydrogens (tertiary/aromatic N) is 3. The fraction of sp³-hybridized carbons (Fsp3) is 0.314. The number of benzene rings is 3. The van der Waals surface area contributed by atoms with Crippen molar-refractivity contribution >= 4 is 11.8 Å². The SMILES string of the molecule is CCCCOc1ccc(C(=O)N(CC(=O)N(Cc2ccccc2)Cc2cccn2Cc2ccccc2)C(C)C)cc1. The average Bonchev–Trinajstić information content (AvgIpc) is 3.42. The van der Waals surface area contributed by atoms with Crippen LogP contribution < -0.4 is 4.74 Å². The van der Waals surface area contributed by atoms with Crippen molar-refractivity contribution in [3.8, 4) is 5.75 Å². The quantitative estimate of drug-likeness (QED) is 0.162. The zero-order chi connectivity index (χ0) is 29.0. The fourth-order valence-electron chi connectivity index (χ4n) is 4.69. The van der Waals surface area contributed by atoms with Crippen molar-refractivity contribution in [3.63, 3.8) is 0 Å². The first-order chi connectivity index (χ1) is 19.9. The van der Waals surface area contributed by atoms with Gasteiger partial charge in [0.05, 0.1) is 13.2 Å². The summed E-state index contributed by atoms with van der Waals surface area (Å²) in [7, 11) is 0. The van der Waals surface area contributed by atoms with E-state index in [0.717, 1.165) is 36.4 Å². The van der Waals surface area contributed by atoms with Crippen LogP contribution >= 0.6 is 0 Å². The molecule has 0 unspecified atom stereocenters. The zero-order valence-electron chi connectivity index (χ0n) is 24.4. The summed E-state index contributed by atoms with van der Waals surface area (Å²) < 4.78 is 7.93. The first-order valence-corrected chi connectivity index (χ1v) is 14.5. The van der Waals surface area contributed by atoms with Crippen LogP contribution in [0.4, 0.5) is 0 Å². The van der Waals surface area contributed by atoms with Gasteiger partial charge in [-0.25, -0.2) is 0 Å². The number of carbonyl (C=O) groups excluding carboxylic acids is 2. The minimum absolute atomic E-state index is 0.00250. The average molecular weight is 552 g/mol. The van der Waals surface area contributed by atoms with Crippen LogP contribution in [0.3, 0.4) is 0 Å². The van der Waals surface area contributed by atoms with E-state index in [1.54, 1.807) is 17.0 Å². The lowest BCUT2D eigenvalue weighted by atomic mass is 10.1. The molecule has 41 heavy (non-hydrogen) atoms. The molecular weight excluding hydrogens is 510 g/mol. The van der Waals surface area contributed by atoms with Gasteiger partial charge in [0, 0.05) is 36.6 Å². The van der Waals surface area contributed by atoms with Gasteiger partial charge in [-0.05, 0) is 67.8 Å². The lowest BCUT2D eigenvalue weighted by molar-refractivity contribution is -0.133. The molecule has 0 N–H and O–H groups in total. The first-order valence-electron chi connectivity index (χ1n) is 14.5. The Kier molecular flexibility index (Phi) is 10.8. The van der Waals surface area contributed by atoms with Crippen LogP contribution in [0.1, 0.15) is 60.8 Å². The summed E-state index contributed by atoms with van der Waals surface area (Å²) in [5.74, 6) is 0.484. The third-order valence-corrected chi connectivity index (χ3v) is 7.10. The number of ether oxygens (including phenoxy) is 1. The fourth-order valence-corrected chi connectivity index (χ4v) is 4.69. The highest BCUT2D eigenvalue weighted by molar-refractivity contribution is 5.96. The third-order valence-electron chi connectivity index (χ3n) is 7.10. The van der Waals surface area contributed by atoms with Crippen LogP contribution in [0.15, 0.2) is 103 Å². The van der Waals surface area contributed by atoms with Gasteiger partial charge >= 0.3 is 0 Å². The number of hydrogen-bond donors (Lipinski definition) is 0. The zero-order valence-corrected chi connectivity index (χ0v) is 24.4. The summed E-state index contributed by atoms with van der Waals surface area (Å²) in [5, 5.41) is 0. The molecule has 4 aromatic rings. The minimum Gasteiger partial charge on any atom is -0.494 e. The van der Waals surface area contributed by atoms with Crippen molar-refractivity contribution in [2.75, 3.05) is 13.2 Å². The van der Waals surface area contributed by atoms with E-state index in [4.69, 9.17) is 4.74 Å². The van der Waals surface area contributed by atoms with Crippen LogP contribution in [0, 0.1) is 0 Å². The second-order valence-electron chi connectivity index (χ2n) is 10.6. The van der Waals surface area contributed by atoms with E-state index in [1.807, 2.05) is 91.7 Å². The van der Waals surface area contributed by atoms with Crippen molar-refractivity contribution in [1.29, 1.82) is 0 Å². The summed E-state index contributed by atoms with van der Waals surface area (Å²) in [6.45, 7) is 8.29. The molecule has 6 nitrogen and oxygen atoms in total. The second kappa shape index (κ2) is 14.9. The molecule has 1 aromatic heterocycles. The minimum atomic E-state index is -0.166. The van der Waals surface area contributed by atoms with Crippen LogP contribution in [0.25, 0.3) is 0 Å². The van der Waals surface area contributed by atoms with E-state index in [1.165, 1.54) is 5.56 Å². The van der Waals surface area contributed by atoms with Crippen LogP contribution in [0.5, 0.6) is 5.75 Å². The van der Waals surface area contributed by atoms with Gasteiger partial charge in [-0.3, -0.25) is 9.59 Å². The van der Waals surface area contributed by atoms with E-state index in [2.05, 4.69) is 29.7 Å². The monoisotopic (exact) mass is 551 g/mol. The van der Waals surface area contributed by atoms with Crippen molar-refractivity contribution < 1.29 is 14.3 Å². The molecule has 0 saturated carbocycles. The molecule has 1 heterocycles. The Labute approximate surface area is 244 Å². The van der Waals surface area contributed by atoms with E-state index in [-0.39, 0.29) is 24.4 Å². The van der Waals surface area contributed by atoms with Crippen LogP contribution in [-0.2, 0) is 24.4 Å². The van der Waals surface area contributed by atoms with Gasteiger partial charge in [-0.2, -0.15) is 0 Å². The summed E-state index contributed by atoms with van der Waals surface area (Å²) in [5.41, 5.74) is 3.83. The molecule has 0 aliphatic heterocycles. The van der Waals surface area contributed by atoms with E-state index in [0.29, 0.717) is 25.3 Å². The number of aromatic nitrogens is 1. The standard InChI is InChI=1S/C35H41N3O3/c1-4-5-23-41-33-20-18-31(19-21-33)35(40)38(28(2)3)27-34(39)37(25-30-15-10-7-11-16-30)26-32-17-12-22-36(32)24-29-13-8-6-9-14-29/h6-22,28H,4-5,23-27H2,1-3H3. The molecule has 0 atom stereocenters. The molecule has 214 valence electrons. The Morgan fingerprint density at radius 2 is 1.46 bits per heavy atom. The maximum Gasteiger partial charge on any atom is 0.254 e. The highest BCUT2D eigenvalue weighted by atomic mass is 16.5. The van der Waals surface area contributed by atoms with Gasteiger partial charge in [0.1, 0.15) is 12.3 Å². The normalized spacial score (nSPS) is 10.9. The van der Waals surface area contributed by atoms with E-state index >= 15 is 0 Å². The Balaban J connectivity index is 1.51. The maximum absolute atomic E-state index is 13.9. The predicted octanol–water partition coefficient (Wildman–Crippen LogP) is 6.79. The van der Waals surface area contributed by atoms with Gasteiger partial charge in [0.15, 0.2) is 0 Å². The molecule has 0 aliphatic carbocycles. The van der Waals surface area contributed by atoms with Gasteiger partial charge < -0.3 is 19.1 Å². The van der Waals surface area contributed by atoms with E-state index in [9.17, 15) is 9.59 Å². The Hall–Kier alpha value is -4.32. The molecule has 2 amide bonds. The second-order valence-corrected chi connectivity index (χ2v) is 10.6. The van der Waals surface area contributed by atoms with Crippen molar-refractivity contribution in [2.24, 2.45) is 0 Å². The van der Waals surface area contributed by atoms with E-state index < -0.39 is 0 Å². The number of unbranched alkanes of at least 4 members (excludes halogenated alkanes) is 1. The van der Waals surface area contributed by atoms with Crippen molar-refractivity contribution in [1.82, 2.24) is 14.4 Å². The predicted molar refractivity (Wildman–Crippen MR) is 164 cm³/mol. The molecule has 0 spiro atoms. The Morgan fingerprint density at radius 1 is 0.805 bits per heavy atom. The molecule has 3 aromatic carbocycles. The lowest BCUT2D eigenvalue weighted by Gasteiger charge is -2.30. The molecule has 0 fully saturated rings. The number of rotatable bonds is 14. The molecule has 4 rings (SSSR count). The Bertz CT molecular complexity index is 1360. The van der Waals surface area contributed by atoms with Crippen LogP contribution in [-0.4, -0.2) is 45.4 Å². The number of amides is 2. The lowest BCUT2D eigenvalue weighted by Crippen LogP contribution is -2.45. The number of carbonyl (C=O) groups is 2. The van der Waals surface area contributed by atoms with Crippen LogP contribution in [0.2, 0.25) is 0 Å². The maximum atomic E-state index is 13.9. The molecule has 0 saturated heterocycles. The molecule has 6 heteroatoms. The molecular formula is C35H41N3O3. The van der Waals surface area contributed by atoms with Gasteiger partial charge in [0.25, 0.3) is 5.91 Å². The van der Waals surface area contributed by atoms with Gasteiger partial charge in [-0.1, -0.05) is 74.0 Å². The molecule has 0 bridgehead atoms. The largest absolute Gasteiger partial charge is 0.494 e. The summed E-state index contributed by atoms with van der Waals surface area (Å²) >= 11 is 0. The van der Waals surface area contributed by atoms with Gasteiger partial charge in [-0.15, -0.1) is 0 Å². The molecule has 0 aliphatic rings. The van der Waals surface area contributed by atoms with Crippen molar-refractivity contribution in [3.05, 3.63) is 126 Å². The smallest absolute Gasteiger partial charge is 0.254 e. The van der Waals surface area contributed by atoms with Crippen molar-refractivity contribution in [2.45, 2.75) is 59.3 Å². The Morgan fingerprint density at radius 3 is 2.10 bits per heavy atom. The summed E-state index contributed by atoms with van der Waals surface area (Å²) in [4.78, 5) is 31.0. The summed E-state index contributed by atoms with van der Waals surface area (Å²) in [6.07, 6.45) is 4.10. The van der Waals surface area contributed by atoms with Gasteiger partial charge in [0.2, 0.25) is 5.91 Å². The number of hydrogen-bond acceptors (Lipinski definition) is 3. The topological polar surface area (TPSA) is 54.8 Å². The summed E-state index contributed by atoms with van der Waals surface area (Å²) in [6, 6.07) is 31.4. The molecule has 0 radical (unpaired) electrons.